The largest absolute Gasteiger partial charge is 0.496 e. The summed E-state index contributed by atoms with van der Waals surface area (Å²) in [4.78, 5) is 0. The summed E-state index contributed by atoms with van der Waals surface area (Å²) in [6, 6.07) is 12.0. The van der Waals surface area contributed by atoms with Crippen LogP contribution in [-0.2, 0) is 13.2 Å². The van der Waals surface area contributed by atoms with Gasteiger partial charge in [-0.1, -0.05) is 18.2 Å². The number of hydrogen-bond acceptors (Lipinski definition) is 3. The number of hydrogen-bond donors (Lipinski definition) is 1. The molecule has 0 aromatic heterocycles. The molecule has 0 saturated heterocycles. The maximum atomic E-state index is 5.82. The van der Waals surface area contributed by atoms with Gasteiger partial charge in [0.05, 0.1) is 11.6 Å². The molecule has 0 saturated carbocycles. The monoisotopic (exact) mass is 335 g/mol. The van der Waals surface area contributed by atoms with Gasteiger partial charge >= 0.3 is 0 Å². The van der Waals surface area contributed by atoms with Crippen LogP contribution in [0.5, 0.6) is 11.5 Å². The van der Waals surface area contributed by atoms with Crippen molar-refractivity contribution in [1.82, 2.24) is 0 Å². The van der Waals surface area contributed by atoms with Gasteiger partial charge in [-0.3, -0.25) is 0 Å². The summed E-state index contributed by atoms with van der Waals surface area (Å²) >= 11 is 3.51. The van der Waals surface area contributed by atoms with Crippen LogP contribution >= 0.6 is 15.9 Å². The number of rotatable bonds is 5. The quantitative estimate of drug-likeness (QED) is 0.903. The maximum Gasteiger partial charge on any atom is 0.134 e. The van der Waals surface area contributed by atoms with Gasteiger partial charge in [-0.2, -0.15) is 0 Å². The van der Waals surface area contributed by atoms with E-state index in [1.165, 1.54) is 5.56 Å². The van der Waals surface area contributed by atoms with E-state index in [0.29, 0.717) is 13.2 Å². The smallest absolute Gasteiger partial charge is 0.134 e. The molecule has 0 radical (unpaired) electrons. The van der Waals surface area contributed by atoms with Crippen molar-refractivity contribution < 1.29 is 9.47 Å². The van der Waals surface area contributed by atoms with Crippen LogP contribution in [0.2, 0.25) is 0 Å². The van der Waals surface area contributed by atoms with Crippen LogP contribution in [-0.4, -0.2) is 7.11 Å². The molecule has 2 rings (SSSR count). The molecule has 0 fully saturated rings. The highest BCUT2D eigenvalue weighted by Gasteiger charge is 2.05. The number of ether oxygens (including phenoxy) is 2. The third-order valence-electron chi connectivity index (χ3n) is 3.05. The average Bonchev–Trinajstić information content (AvgIpc) is 2.46. The number of nitrogens with two attached hydrogens (primary N) is 1. The van der Waals surface area contributed by atoms with Gasteiger partial charge < -0.3 is 15.2 Å². The van der Waals surface area contributed by atoms with E-state index in [2.05, 4.69) is 15.9 Å². The maximum absolute atomic E-state index is 5.82. The predicted molar refractivity (Wildman–Crippen MR) is 84.1 cm³/mol. The van der Waals surface area contributed by atoms with Crippen molar-refractivity contribution in [3.8, 4) is 11.5 Å². The molecule has 3 nitrogen and oxygen atoms in total. The minimum Gasteiger partial charge on any atom is -0.496 e. The highest BCUT2D eigenvalue weighted by Crippen LogP contribution is 2.27. The van der Waals surface area contributed by atoms with Crippen LogP contribution in [0.3, 0.4) is 0 Å². The molecule has 0 spiro atoms. The zero-order chi connectivity index (χ0) is 14.5. The fraction of sp³-hybridized carbons (Fsp3) is 0.250. The van der Waals surface area contributed by atoms with Crippen LogP contribution < -0.4 is 15.2 Å². The first-order valence-electron chi connectivity index (χ1n) is 6.39. The second-order valence-electron chi connectivity index (χ2n) is 4.57. The van der Waals surface area contributed by atoms with Crippen LogP contribution in [0.1, 0.15) is 16.7 Å². The third kappa shape index (κ3) is 3.52. The van der Waals surface area contributed by atoms with Gasteiger partial charge in [0, 0.05) is 12.1 Å². The molecule has 0 unspecified atom stereocenters. The Hall–Kier alpha value is -1.52. The van der Waals surface area contributed by atoms with Crippen molar-refractivity contribution in [3.63, 3.8) is 0 Å². The molecule has 0 amide bonds. The SMILES string of the molecule is COc1cc(COc2ccc(C)cc2Br)ccc1CN. The molecular weight excluding hydrogens is 318 g/mol. The first-order chi connectivity index (χ1) is 9.63. The van der Waals surface area contributed by atoms with E-state index >= 15 is 0 Å². The summed E-state index contributed by atoms with van der Waals surface area (Å²) in [5, 5.41) is 0. The van der Waals surface area contributed by atoms with Crippen molar-refractivity contribution in [2.45, 2.75) is 20.1 Å². The van der Waals surface area contributed by atoms with Crippen LogP contribution in [0.15, 0.2) is 40.9 Å². The highest BCUT2D eigenvalue weighted by molar-refractivity contribution is 9.10. The summed E-state index contributed by atoms with van der Waals surface area (Å²) in [5.41, 5.74) is 8.89. The Labute approximate surface area is 127 Å². The summed E-state index contributed by atoms with van der Waals surface area (Å²) in [5.74, 6) is 1.63. The number of halogens is 1. The van der Waals surface area contributed by atoms with Crippen molar-refractivity contribution in [1.29, 1.82) is 0 Å². The predicted octanol–water partition coefficient (Wildman–Crippen LogP) is 3.80. The molecule has 4 heteroatoms. The molecule has 2 N–H and O–H groups in total. The minimum atomic E-state index is 0.466. The summed E-state index contributed by atoms with van der Waals surface area (Å²) < 4.78 is 12.1. The van der Waals surface area contributed by atoms with E-state index in [1.807, 2.05) is 43.3 Å². The second kappa shape index (κ2) is 6.77. The molecule has 0 bridgehead atoms. The lowest BCUT2D eigenvalue weighted by Gasteiger charge is -2.11. The molecule has 20 heavy (non-hydrogen) atoms. The van der Waals surface area contributed by atoms with Crippen molar-refractivity contribution in [3.05, 3.63) is 57.6 Å². The van der Waals surface area contributed by atoms with E-state index in [4.69, 9.17) is 15.2 Å². The molecule has 0 aliphatic rings. The lowest BCUT2D eigenvalue weighted by molar-refractivity contribution is 0.303. The summed E-state index contributed by atoms with van der Waals surface area (Å²) in [7, 11) is 1.65. The zero-order valence-corrected chi connectivity index (χ0v) is 13.2. The average molecular weight is 336 g/mol. The molecular formula is C16H18BrNO2. The van der Waals surface area contributed by atoms with E-state index in [-0.39, 0.29) is 0 Å². The molecule has 0 heterocycles. The first-order valence-corrected chi connectivity index (χ1v) is 7.18. The normalized spacial score (nSPS) is 10.4. The Kier molecular flexibility index (Phi) is 5.04. The number of benzene rings is 2. The van der Waals surface area contributed by atoms with Crippen LogP contribution in [0.25, 0.3) is 0 Å². The summed E-state index contributed by atoms with van der Waals surface area (Å²) in [6.45, 7) is 3.00. The van der Waals surface area contributed by atoms with Crippen LogP contribution in [0.4, 0.5) is 0 Å². The van der Waals surface area contributed by atoms with E-state index in [0.717, 1.165) is 27.1 Å². The van der Waals surface area contributed by atoms with Gasteiger partial charge in [-0.05, 0) is 52.2 Å². The highest BCUT2D eigenvalue weighted by atomic mass is 79.9. The summed E-state index contributed by atoms with van der Waals surface area (Å²) in [6.07, 6.45) is 0. The topological polar surface area (TPSA) is 44.5 Å². The fourth-order valence-corrected chi connectivity index (χ4v) is 2.54. The lowest BCUT2D eigenvalue weighted by Crippen LogP contribution is -2.02. The van der Waals surface area contributed by atoms with Gasteiger partial charge in [0.15, 0.2) is 0 Å². The number of methoxy groups -OCH3 is 1. The standard InChI is InChI=1S/C16H18BrNO2/c1-11-3-6-15(14(17)7-11)20-10-12-4-5-13(9-18)16(8-12)19-2/h3-8H,9-10,18H2,1-2H3. The molecule has 2 aromatic carbocycles. The molecule has 0 aliphatic heterocycles. The van der Waals surface area contributed by atoms with Gasteiger partial charge in [0.1, 0.15) is 18.1 Å². The van der Waals surface area contributed by atoms with E-state index in [1.54, 1.807) is 7.11 Å². The second-order valence-corrected chi connectivity index (χ2v) is 5.43. The van der Waals surface area contributed by atoms with Crippen molar-refractivity contribution in [2.75, 3.05) is 7.11 Å². The minimum absolute atomic E-state index is 0.466. The first kappa shape index (κ1) is 14.9. The molecule has 2 aromatic rings. The van der Waals surface area contributed by atoms with Gasteiger partial charge in [-0.15, -0.1) is 0 Å². The fourth-order valence-electron chi connectivity index (χ4n) is 1.93. The molecule has 0 aliphatic carbocycles. The van der Waals surface area contributed by atoms with Crippen LogP contribution in [0, 0.1) is 6.92 Å². The van der Waals surface area contributed by atoms with E-state index in [9.17, 15) is 0 Å². The lowest BCUT2D eigenvalue weighted by atomic mass is 10.1. The Morgan fingerprint density at radius 1 is 1.10 bits per heavy atom. The van der Waals surface area contributed by atoms with Gasteiger partial charge in [0.25, 0.3) is 0 Å². The Balaban J connectivity index is 2.10. The van der Waals surface area contributed by atoms with Gasteiger partial charge in [-0.25, -0.2) is 0 Å². The van der Waals surface area contributed by atoms with Crippen molar-refractivity contribution >= 4 is 15.9 Å². The molecule has 0 atom stereocenters. The Morgan fingerprint density at radius 2 is 1.90 bits per heavy atom. The zero-order valence-electron chi connectivity index (χ0n) is 11.7. The third-order valence-corrected chi connectivity index (χ3v) is 3.67. The van der Waals surface area contributed by atoms with Crippen molar-refractivity contribution in [2.24, 2.45) is 5.73 Å². The molecule has 106 valence electrons. The number of aryl methyl sites for hydroxylation is 1. The Morgan fingerprint density at radius 3 is 2.55 bits per heavy atom. The van der Waals surface area contributed by atoms with E-state index < -0.39 is 0 Å². The Bertz CT molecular complexity index is 599. The van der Waals surface area contributed by atoms with Gasteiger partial charge in [0.2, 0.25) is 0 Å².